The molecule has 1 fully saturated rings. The number of aromatic nitrogens is 3. The number of anilines is 2. The summed E-state index contributed by atoms with van der Waals surface area (Å²) in [5.41, 5.74) is 3.67. The number of rotatable bonds is 8. The summed E-state index contributed by atoms with van der Waals surface area (Å²) in [5, 5.41) is 21.0. The number of benzene rings is 2. The van der Waals surface area contributed by atoms with Crippen LogP contribution in [0.2, 0.25) is 0 Å². The van der Waals surface area contributed by atoms with Gasteiger partial charge in [-0.15, -0.1) is 10.2 Å². The van der Waals surface area contributed by atoms with Crippen LogP contribution in [0.4, 0.5) is 11.5 Å². The molecule has 2 aromatic carbocycles. The lowest BCUT2D eigenvalue weighted by molar-refractivity contribution is -0.131. The number of pyridine rings is 1. The summed E-state index contributed by atoms with van der Waals surface area (Å²) < 4.78 is 5.13. The molecule has 0 atom stereocenters. The molecule has 0 spiro atoms. The second-order valence-electron chi connectivity index (χ2n) is 9.42. The molecular formula is C30H30N6O4. The number of nitrogens with zero attached hydrogens (tertiary/aromatic N) is 5. The van der Waals surface area contributed by atoms with Gasteiger partial charge in [-0.25, -0.2) is 0 Å². The molecule has 1 saturated heterocycles. The zero-order chi connectivity index (χ0) is 27.9. The second-order valence-corrected chi connectivity index (χ2v) is 9.42. The lowest BCUT2D eigenvalue weighted by Crippen LogP contribution is -2.49. The van der Waals surface area contributed by atoms with Gasteiger partial charge >= 0.3 is 0 Å². The minimum Gasteiger partial charge on any atom is -0.506 e. The molecule has 1 aliphatic heterocycles. The second kappa shape index (κ2) is 12.2. The number of hydrogen-bond donors (Lipinski definition) is 2. The number of carbonyl (C=O) groups excluding carboxylic acids is 2. The molecule has 4 aromatic rings. The van der Waals surface area contributed by atoms with Gasteiger partial charge in [-0.05, 0) is 60.0 Å². The van der Waals surface area contributed by atoms with Gasteiger partial charge in [0.25, 0.3) is 5.91 Å². The smallest absolute Gasteiger partial charge is 0.276 e. The molecule has 3 heterocycles. The fraction of sp³-hybridized carbons (Fsp3) is 0.233. The Balaban J connectivity index is 1.12. The average Bonchev–Trinajstić information content (AvgIpc) is 3.00. The normalized spacial score (nSPS) is 13.1. The predicted molar refractivity (Wildman–Crippen MR) is 151 cm³/mol. The van der Waals surface area contributed by atoms with Crippen molar-refractivity contribution in [2.24, 2.45) is 0 Å². The number of hydrogen-bond acceptors (Lipinski definition) is 8. The van der Waals surface area contributed by atoms with E-state index in [2.05, 4.69) is 25.4 Å². The van der Waals surface area contributed by atoms with Crippen molar-refractivity contribution in [2.45, 2.75) is 12.8 Å². The van der Waals surface area contributed by atoms with E-state index >= 15 is 0 Å². The molecule has 0 saturated carbocycles. The van der Waals surface area contributed by atoms with Gasteiger partial charge in [0, 0.05) is 50.0 Å². The van der Waals surface area contributed by atoms with Crippen LogP contribution in [0.1, 0.15) is 22.5 Å². The Hall–Kier alpha value is -4.99. The van der Waals surface area contributed by atoms with Gasteiger partial charge in [0.1, 0.15) is 11.5 Å². The number of methoxy groups -OCH3 is 1. The minimum atomic E-state index is -0.346. The van der Waals surface area contributed by atoms with Crippen molar-refractivity contribution >= 4 is 23.3 Å². The number of piperazine rings is 1. The maximum Gasteiger partial charge on any atom is 0.276 e. The highest BCUT2D eigenvalue weighted by Crippen LogP contribution is 2.27. The van der Waals surface area contributed by atoms with Crippen LogP contribution in [0.5, 0.6) is 11.5 Å². The molecule has 0 aliphatic carbocycles. The van der Waals surface area contributed by atoms with Crippen molar-refractivity contribution in [2.75, 3.05) is 43.5 Å². The summed E-state index contributed by atoms with van der Waals surface area (Å²) in [7, 11) is 1.59. The van der Waals surface area contributed by atoms with Crippen molar-refractivity contribution in [3.05, 3.63) is 90.4 Å². The fourth-order valence-electron chi connectivity index (χ4n) is 4.66. The van der Waals surface area contributed by atoms with Crippen molar-refractivity contribution in [1.29, 1.82) is 0 Å². The van der Waals surface area contributed by atoms with Gasteiger partial charge in [0.2, 0.25) is 5.91 Å². The Morgan fingerprint density at radius 3 is 2.42 bits per heavy atom. The standard InChI is InChI=1S/C30H30N6O4/c1-40-25-9-7-23(8-10-25)32-30(39)27-11-12-28(34-33-27)35-14-16-36(17-15-35)29(38)13-6-21-4-2-3-5-26(21)22-18-24(37)20-31-19-22/h2-5,7-12,18-20,37H,6,13-17H2,1H3,(H,32,39). The van der Waals surface area contributed by atoms with Gasteiger partial charge in [0.05, 0.1) is 13.3 Å². The van der Waals surface area contributed by atoms with Gasteiger partial charge in [0.15, 0.2) is 11.5 Å². The zero-order valence-electron chi connectivity index (χ0n) is 22.2. The molecule has 10 nitrogen and oxygen atoms in total. The first-order valence-electron chi connectivity index (χ1n) is 13.0. The van der Waals surface area contributed by atoms with Crippen molar-refractivity contribution < 1.29 is 19.4 Å². The van der Waals surface area contributed by atoms with E-state index in [0.29, 0.717) is 56.3 Å². The molecule has 10 heteroatoms. The van der Waals surface area contributed by atoms with Crippen LogP contribution in [-0.4, -0.2) is 70.3 Å². The molecule has 0 radical (unpaired) electrons. The van der Waals surface area contributed by atoms with Crippen LogP contribution in [0.15, 0.2) is 79.1 Å². The lowest BCUT2D eigenvalue weighted by Gasteiger charge is -2.35. The summed E-state index contributed by atoms with van der Waals surface area (Å²) >= 11 is 0. The summed E-state index contributed by atoms with van der Waals surface area (Å²) in [6, 6.07) is 20.0. The predicted octanol–water partition coefficient (Wildman–Crippen LogP) is 3.79. The first-order chi connectivity index (χ1) is 19.5. The highest BCUT2D eigenvalue weighted by atomic mass is 16.5. The van der Waals surface area contributed by atoms with Crippen molar-refractivity contribution in [3.63, 3.8) is 0 Å². The SMILES string of the molecule is COc1ccc(NC(=O)c2ccc(N3CCN(C(=O)CCc4ccccc4-c4cncc(O)c4)CC3)nn2)cc1. The molecule has 204 valence electrons. The monoisotopic (exact) mass is 538 g/mol. The number of carbonyl (C=O) groups is 2. The summed E-state index contributed by atoms with van der Waals surface area (Å²) in [5.74, 6) is 1.23. The third-order valence-electron chi connectivity index (χ3n) is 6.85. The number of nitrogens with one attached hydrogen (secondary N) is 1. The van der Waals surface area contributed by atoms with Gasteiger partial charge in [-0.1, -0.05) is 24.3 Å². The molecular weight excluding hydrogens is 508 g/mol. The third-order valence-corrected chi connectivity index (χ3v) is 6.85. The van der Waals surface area contributed by atoms with Crippen LogP contribution < -0.4 is 15.0 Å². The Bertz CT molecular complexity index is 1470. The number of ether oxygens (including phenoxy) is 1. The topological polar surface area (TPSA) is 121 Å². The molecule has 2 amide bonds. The Kier molecular flexibility index (Phi) is 8.15. The molecule has 5 rings (SSSR count). The van der Waals surface area contributed by atoms with Gasteiger partial charge in [-0.3, -0.25) is 14.6 Å². The van der Waals surface area contributed by atoms with E-state index in [0.717, 1.165) is 16.7 Å². The number of aromatic hydroxyl groups is 1. The molecule has 1 aliphatic rings. The molecule has 40 heavy (non-hydrogen) atoms. The van der Waals surface area contributed by atoms with Gasteiger partial charge < -0.3 is 25.0 Å². The lowest BCUT2D eigenvalue weighted by atomic mass is 9.97. The largest absolute Gasteiger partial charge is 0.506 e. The van der Waals surface area contributed by atoms with Crippen LogP contribution in [-0.2, 0) is 11.2 Å². The summed E-state index contributed by atoms with van der Waals surface area (Å²) in [6.45, 7) is 2.42. The maximum atomic E-state index is 13.0. The van der Waals surface area contributed by atoms with Crippen molar-refractivity contribution in [3.8, 4) is 22.6 Å². The van der Waals surface area contributed by atoms with E-state index in [-0.39, 0.29) is 23.3 Å². The quantitative estimate of drug-likeness (QED) is 0.348. The number of amides is 2. The highest BCUT2D eigenvalue weighted by molar-refractivity contribution is 6.02. The molecule has 0 bridgehead atoms. The Morgan fingerprint density at radius 1 is 0.950 bits per heavy atom. The first kappa shape index (κ1) is 26.6. The minimum absolute atomic E-state index is 0.0973. The zero-order valence-corrected chi connectivity index (χ0v) is 22.2. The molecule has 2 N–H and O–H groups in total. The summed E-state index contributed by atoms with van der Waals surface area (Å²) in [6.07, 6.45) is 4.09. The van der Waals surface area contributed by atoms with Crippen LogP contribution in [0, 0.1) is 0 Å². The molecule has 2 aromatic heterocycles. The summed E-state index contributed by atoms with van der Waals surface area (Å²) in [4.78, 5) is 33.5. The maximum absolute atomic E-state index is 13.0. The fourth-order valence-corrected chi connectivity index (χ4v) is 4.66. The number of aryl methyl sites for hydroxylation is 1. The van der Waals surface area contributed by atoms with E-state index in [9.17, 15) is 14.7 Å². The van der Waals surface area contributed by atoms with E-state index in [4.69, 9.17) is 4.74 Å². The third kappa shape index (κ3) is 6.35. The van der Waals surface area contributed by atoms with Crippen molar-refractivity contribution in [1.82, 2.24) is 20.1 Å². The Labute approximate surface area is 232 Å². The van der Waals surface area contributed by atoms with E-state index in [1.165, 1.54) is 6.20 Å². The van der Waals surface area contributed by atoms with E-state index < -0.39 is 0 Å². The highest BCUT2D eigenvalue weighted by Gasteiger charge is 2.22. The average molecular weight is 539 g/mol. The Morgan fingerprint density at radius 2 is 1.73 bits per heavy atom. The van der Waals surface area contributed by atoms with E-state index in [1.807, 2.05) is 29.2 Å². The van der Waals surface area contributed by atoms with Crippen LogP contribution in [0.25, 0.3) is 11.1 Å². The molecule has 0 unspecified atom stereocenters. The van der Waals surface area contributed by atoms with E-state index in [1.54, 1.807) is 55.8 Å². The van der Waals surface area contributed by atoms with Gasteiger partial charge in [-0.2, -0.15) is 0 Å². The van der Waals surface area contributed by atoms with Crippen LogP contribution >= 0.6 is 0 Å². The van der Waals surface area contributed by atoms with Crippen LogP contribution in [0.3, 0.4) is 0 Å². The first-order valence-corrected chi connectivity index (χ1v) is 13.0.